The number of furan rings is 1. The molecule has 1 aliphatic carbocycles. The van der Waals surface area contributed by atoms with Crippen molar-refractivity contribution in [1.29, 1.82) is 0 Å². The van der Waals surface area contributed by atoms with Gasteiger partial charge in [-0.15, -0.1) is 0 Å². The van der Waals surface area contributed by atoms with E-state index in [2.05, 4.69) is 21.2 Å². The van der Waals surface area contributed by atoms with Crippen LogP contribution in [-0.2, 0) is 16.6 Å². The molecule has 0 unspecified atom stereocenters. The summed E-state index contributed by atoms with van der Waals surface area (Å²) < 4.78 is 33.2. The zero-order valence-electron chi connectivity index (χ0n) is 12.6. The summed E-state index contributed by atoms with van der Waals surface area (Å²) in [6.07, 6.45) is 4.11. The molecular weight excluding hydrogens is 356 g/mol. The van der Waals surface area contributed by atoms with Crippen molar-refractivity contribution in [1.82, 2.24) is 9.62 Å². The first kappa shape index (κ1) is 17.0. The van der Waals surface area contributed by atoms with E-state index in [4.69, 9.17) is 4.42 Å². The van der Waals surface area contributed by atoms with E-state index in [0.29, 0.717) is 23.5 Å². The first-order chi connectivity index (χ1) is 10.0. The molecule has 0 saturated heterocycles. The molecule has 0 radical (unpaired) electrons. The van der Waals surface area contributed by atoms with Crippen molar-refractivity contribution in [2.75, 3.05) is 13.1 Å². The molecule has 0 spiro atoms. The van der Waals surface area contributed by atoms with Crippen molar-refractivity contribution in [3.8, 4) is 0 Å². The summed E-state index contributed by atoms with van der Waals surface area (Å²) in [6, 6.07) is 1.75. The van der Waals surface area contributed by atoms with Crippen LogP contribution in [0.1, 0.15) is 45.3 Å². The van der Waals surface area contributed by atoms with Gasteiger partial charge in [0.2, 0.25) is 10.0 Å². The number of sulfonamides is 1. The molecule has 1 aliphatic rings. The monoisotopic (exact) mass is 378 g/mol. The molecule has 21 heavy (non-hydrogen) atoms. The predicted molar refractivity (Wildman–Crippen MR) is 85.6 cm³/mol. The van der Waals surface area contributed by atoms with Crippen LogP contribution >= 0.6 is 15.9 Å². The Kier molecular flexibility index (Phi) is 5.88. The Bertz CT molecular complexity index is 565. The van der Waals surface area contributed by atoms with Crippen LogP contribution in [0.25, 0.3) is 0 Å². The number of halogens is 1. The van der Waals surface area contributed by atoms with Crippen molar-refractivity contribution >= 4 is 26.0 Å². The lowest BCUT2D eigenvalue weighted by Gasteiger charge is -2.26. The molecule has 0 aliphatic heterocycles. The van der Waals surface area contributed by atoms with E-state index in [1.54, 1.807) is 10.4 Å². The molecule has 1 heterocycles. The van der Waals surface area contributed by atoms with E-state index in [-0.39, 0.29) is 10.9 Å². The molecule has 1 N–H and O–H groups in total. The van der Waals surface area contributed by atoms with Crippen molar-refractivity contribution < 1.29 is 12.8 Å². The van der Waals surface area contributed by atoms with Crippen LogP contribution in [0.2, 0.25) is 0 Å². The quantitative estimate of drug-likeness (QED) is 0.791. The van der Waals surface area contributed by atoms with Crippen LogP contribution < -0.4 is 5.32 Å². The van der Waals surface area contributed by atoms with Crippen LogP contribution in [-0.4, -0.2) is 31.9 Å². The number of hydrogen-bond donors (Lipinski definition) is 1. The number of rotatable bonds is 7. The SMILES string of the molecule is CCNCc1cc(S(=O)(=O)N(CC)C2CCCC2)c(Br)o1. The van der Waals surface area contributed by atoms with Crippen molar-refractivity contribution in [2.45, 2.75) is 57.0 Å². The highest BCUT2D eigenvalue weighted by molar-refractivity contribution is 9.10. The topological polar surface area (TPSA) is 62.6 Å². The van der Waals surface area contributed by atoms with E-state index in [9.17, 15) is 8.42 Å². The van der Waals surface area contributed by atoms with Gasteiger partial charge in [-0.25, -0.2) is 8.42 Å². The summed E-state index contributed by atoms with van der Waals surface area (Å²) >= 11 is 3.25. The third kappa shape index (κ3) is 3.70. The Hall–Kier alpha value is -0.370. The summed E-state index contributed by atoms with van der Waals surface area (Å²) in [6.45, 7) is 5.72. The van der Waals surface area contributed by atoms with E-state index in [1.807, 2.05) is 13.8 Å². The Labute approximate surface area is 135 Å². The van der Waals surface area contributed by atoms with Gasteiger partial charge in [0.15, 0.2) is 4.67 Å². The minimum Gasteiger partial charge on any atom is -0.452 e. The zero-order valence-corrected chi connectivity index (χ0v) is 15.0. The predicted octanol–water partition coefficient (Wildman–Crippen LogP) is 3.10. The third-order valence-electron chi connectivity index (χ3n) is 3.89. The number of nitrogens with one attached hydrogen (secondary N) is 1. The van der Waals surface area contributed by atoms with Gasteiger partial charge in [0.05, 0.1) is 6.54 Å². The maximum Gasteiger partial charge on any atom is 0.247 e. The average Bonchev–Trinajstić information content (AvgIpc) is 3.07. The highest BCUT2D eigenvalue weighted by Gasteiger charge is 2.34. The van der Waals surface area contributed by atoms with Gasteiger partial charge in [0, 0.05) is 18.7 Å². The fourth-order valence-electron chi connectivity index (χ4n) is 2.85. The summed E-state index contributed by atoms with van der Waals surface area (Å²) in [5, 5.41) is 3.13. The molecular formula is C14H23BrN2O3S. The van der Waals surface area contributed by atoms with Crippen molar-refractivity contribution in [3.63, 3.8) is 0 Å². The molecule has 1 aromatic heterocycles. The second-order valence-corrected chi connectivity index (χ2v) is 7.86. The summed E-state index contributed by atoms with van der Waals surface area (Å²) in [5.74, 6) is 0.629. The van der Waals surface area contributed by atoms with E-state index in [0.717, 1.165) is 32.2 Å². The first-order valence-electron chi connectivity index (χ1n) is 7.51. The van der Waals surface area contributed by atoms with E-state index >= 15 is 0 Å². The molecule has 1 aromatic rings. The van der Waals surface area contributed by atoms with Gasteiger partial charge in [0.25, 0.3) is 0 Å². The molecule has 1 fully saturated rings. The first-order valence-corrected chi connectivity index (χ1v) is 9.74. The standard InChI is InChI=1S/C14H23BrN2O3S/c1-3-16-10-12-9-13(14(15)20-12)21(18,19)17(4-2)11-7-5-6-8-11/h9,11,16H,3-8,10H2,1-2H3. The molecule has 1 saturated carbocycles. The zero-order chi connectivity index (χ0) is 15.5. The minimum absolute atomic E-state index is 0.124. The summed E-state index contributed by atoms with van der Waals surface area (Å²) in [5.41, 5.74) is 0. The smallest absolute Gasteiger partial charge is 0.247 e. The maximum atomic E-state index is 12.9. The second kappa shape index (κ2) is 7.26. The largest absolute Gasteiger partial charge is 0.452 e. The van der Waals surface area contributed by atoms with Crippen LogP contribution in [0.5, 0.6) is 0 Å². The molecule has 0 atom stereocenters. The van der Waals surface area contributed by atoms with Crippen LogP contribution in [0, 0.1) is 0 Å². The van der Waals surface area contributed by atoms with Gasteiger partial charge in [-0.05, 0) is 35.3 Å². The van der Waals surface area contributed by atoms with Gasteiger partial charge >= 0.3 is 0 Å². The Morgan fingerprint density at radius 2 is 2.05 bits per heavy atom. The lowest BCUT2D eigenvalue weighted by molar-refractivity contribution is 0.334. The lowest BCUT2D eigenvalue weighted by Crippen LogP contribution is -2.38. The van der Waals surface area contributed by atoms with E-state index in [1.165, 1.54) is 0 Å². The van der Waals surface area contributed by atoms with Crippen LogP contribution in [0.4, 0.5) is 0 Å². The summed E-state index contributed by atoms with van der Waals surface area (Å²) in [7, 11) is -3.50. The number of nitrogens with zero attached hydrogens (tertiary/aromatic N) is 1. The highest BCUT2D eigenvalue weighted by atomic mass is 79.9. The molecule has 0 amide bonds. The summed E-state index contributed by atoms with van der Waals surface area (Å²) in [4.78, 5) is 0.240. The van der Waals surface area contributed by atoms with Crippen molar-refractivity contribution in [3.05, 3.63) is 16.5 Å². The lowest BCUT2D eigenvalue weighted by atomic mass is 10.2. The highest BCUT2D eigenvalue weighted by Crippen LogP contribution is 2.33. The second-order valence-electron chi connectivity index (χ2n) is 5.28. The maximum absolute atomic E-state index is 12.9. The fourth-order valence-corrected chi connectivity index (χ4v) is 5.51. The van der Waals surface area contributed by atoms with Gasteiger partial charge in [0.1, 0.15) is 10.7 Å². The van der Waals surface area contributed by atoms with Crippen LogP contribution in [0.3, 0.4) is 0 Å². The minimum atomic E-state index is -3.50. The Balaban J connectivity index is 2.27. The van der Waals surface area contributed by atoms with Crippen LogP contribution in [0.15, 0.2) is 20.0 Å². The Morgan fingerprint density at radius 3 is 2.62 bits per heavy atom. The molecule has 5 nitrogen and oxygen atoms in total. The number of hydrogen-bond acceptors (Lipinski definition) is 4. The third-order valence-corrected chi connectivity index (χ3v) is 6.77. The molecule has 120 valence electrons. The fraction of sp³-hybridized carbons (Fsp3) is 0.714. The molecule has 7 heteroatoms. The molecule has 0 bridgehead atoms. The average molecular weight is 379 g/mol. The van der Waals surface area contributed by atoms with E-state index < -0.39 is 10.0 Å². The van der Waals surface area contributed by atoms with Gasteiger partial charge < -0.3 is 9.73 Å². The Morgan fingerprint density at radius 1 is 1.38 bits per heavy atom. The van der Waals surface area contributed by atoms with Gasteiger partial charge in [-0.3, -0.25) is 0 Å². The molecule has 0 aromatic carbocycles. The van der Waals surface area contributed by atoms with Crippen molar-refractivity contribution in [2.24, 2.45) is 0 Å². The van der Waals surface area contributed by atoms with Gasteiger partial charge in [-0.1, -0.05) is 26.7 Å². The normalized spacial score (nSPS) is 17.0. The van der Waals surface area contributed by atoms with Gasteiger partial charge in [-0.2, -0.15) is 4.31 Å². The molecule has 2 rings (SSSR count).